The Kier molecular flexibility index (Phi) is 5.24. The number of benzene rings is 1. The lowest BCUT2D eigenvalue weighted by Crippen LogP contribution is -2.45. The zero-order chi connectivity index (χ0) is 15.6. The molecule has 1 atom stereocenters. The fraction of sp³-hybridized carbons (Fsp3) is 0.600. The molecule has 118 valence electrons. The molecule has 21 heavy (non-hydrogen) atoms. The Morgan fingerprint density at radius 3 is 2.14 bits per heavy atom. The first-order chi connectivity index (χ1) is 9.93. The van der Waals surface area contributed by atoms with Gasteiger partial charge in [-0.25, -0.2) is 13.2 Å². The number of rotatable bonds is 4. The Labute approximate surface area is 123 Å². The summed E-state index contributed by atoms with van der Waals surface area (Å²) in [6.45, 7) is 1.87. The monoisotopic (exact) mass is 301 g/mol. The molecule has 1 aliphatic rings. The van der Waals surface area contributed by atoms with E-state index in [1.807, 2.05) is 14.1 Å². The van der Waals surface area contributed by atoms with Gasteiger partial charge in [0.2, 0.25) is 0 Å². The van der Waals surface area contributed by atoms with Gasteiger partial charge in [0.1, 0.15) is 0 Å². The molecule has 0 aromatic heterocycles. The van der Waals surface area contributed by atoms with Crippen LogP contribution in [0.25, 0.3) is 0 Å². The Morgan fingerprint density at radius 2 is 1.71 bits per heavy atom. The number of halogens is 3. The van der Waals surface area contributed by atoms with Gasteiger partial charge in [-0.2, -0.15) is 0 Å². The third kappa shape index (κ3) is 3.56. The van der Waals surface area contributed by atoms with Crippen LogP contribution in [0, 0.1) is 17.5 Å². The van der Waals surface area contributed by atoms with E-state index in [4.69, 9.17) is 5.73 Å². The summed E-state index contributed by atoms with van der Waals surface area (Å²) in [5, 5.41) is 0. The van der Waals surface area contributed by atoms with E-state index in [0.717, 1.165) is 38.1 Å². The minimum Gasteiger partial charge on any atom is -0.329 e. The molecule has 1 saturated heterocycles. The quantitative estimate of drug-likeness (QED) is 0.865. The van der Waals surface area contributed by atoms with Crippen molar-refractivity contribution in [2.24, 2.45) is 5.73 Å². The van der Waals surface area contributed by atoms with E-state index in [9.17, 15) is 13.2 Å². The fourth-order valence-electron chi connectivity index (χ4n) is 2.98. The smallest absolute Gasteiger partial charge is 0.194 e. The van der Waals surface area contributed by atoms with E-state index in [-0.39, 0.29) is 12.6 Å². The van der Waals surface area contributed by atoms with Crippen molar-refractivity contribution in [1.29, 1.82) is 0 Å². The average molecular weight is 301 g/mol. The Morgan fingerprint density at radius 1 is 1.19 bits per heavy atom. The van der Waals surface area contributed by atoms with Crippen molar-refractivity contribution in [1.82, 2.24) is 9.80 Å². The molecule has 3 nitrogen and oxygen atoms in total. The van der Waals surface area contributed by atoms with Crippen molar-refractivity contribution in [2.75, 3.05) is 33.7 Å². The van der Waals surface area contributed by atoms with Crippen LogP contribution in [0.1, 0.15) is 24.4 Å². The molecule has 1 aliphatic heterocycles. The maximum Gasteiger partial charge on any atom is 0.194 e. The first-order valence-corrected chi connectivity index (χ1v) is 7.19. The van der Waals surface area contributed by atoms with Crippen LogP contribution in [-0.2, 0) is 0 Å². The highest BCUT2D eigenvalue weighted by atomic mass is 19.2. The summed E-state index contributed by atoms with van der Waals surface area (Å²) in [6, 6.07) is 2.33. The lowest BCUT2D eigenvalue weighted by atomic mass is 9.98. The van der Waals surface area contributed by atoms with Gasteiger partial charge in [0.15, 0.2) is 17.5 Å². The number of piperidine rings is 1. The maximum atomic E-state index is 13.4. The minimum atomic E-state index is -1.43. The second kappa shape index (κ2) is 6.77. The van der Waals surface area contributed by atoms with Gasteiger partial charge in [-0.15, -0.1) is 0 Å². The molecule has 1 aromatic carbocycles. The van der Waals surface area contributed by atoms with E-state index in [1.165, 1.54) is 0 Å². The fourth-order valence-corrected chi connectivity index (χ4v) is 2.98. The van der Waals surface area contributed by atoms with Gasteiger partial charge in [0.05, 0.1) is 0 Å². The number of nitrogens with zero attached hydrogens (tertiary/aromatic N) is 2. The Bertz CT molecular complexity index is 462. The van der Waals surface area contributed by atoms with E-state index in [1.54, 1.807) is 0 Å². The van der Waals surface area contributed by atoms with Crippen LogP contribution in [-0.4, -0.2) is 49.6 Å². The molecule has 2 rings (SSSR count). The van der Waals surface area contributed by atoms with Crippen LogP contribution in [0.2, 0.25) is 0 Å². The van der Waals surface area contributed by atoms with Gasteiger partial charge in [-0.05, 0) is 44.6 Å². The molecular weight excluding hydrogens is 279 g/mol. The van der Waals surface area contributed by atoms with E-state index in [0.29, 0.717) is 11.6 Å². The van der Waals surface area contributed by atoms with Gasteiger partial charge < -0.3 is 10.6 Å². The lowest BCUT2D eigenvalue weighted by Gasteiger charge is -2.39. The summed E-state index contributed by atoms with van der Waals surface area (Å²) in [6.07, 6.45) is 1.96. The average Bonchev–Trinajstić information content (AvgIpc) is 2.46. The highest BCUT2D eigenvalue weighted by Crippen LogP contribution is 2.27. The van der Waals surface area contributed by atoms with Crippen molar-refractivity contribution < 1.29 is 13.2 Å². The molecule has 2 N–H and O–H groups in total. The zero-order valence-corrected chi connectivity index (χ0v) is 12.5. The van der Waals surface area contributed by atoms with Crippen molar-refractivity contribution in [2.45, 2.75) is 24.9 Å². The molecule has 0 saturated carbocycles. The van der Waals surface area contributed by atoms with Crippen molar-refractivity contribution in [3.05, 3.63) is 35.1 Å². The Balaban J connectivity index is 2.14. The predicted octanol–water partition coefficient (Wildman–Crippen LogP) is 2.13. The van der Waals surface area contributed by atoms with Crippen LogP contribution < -0.4 is 5.73 Å². The van der Waals surface area contributed by atoms with E-state index >= 15 is 0 Å². The molecule has 0 spiro atoms. The number of nitrogens with two attached hydrogens (primary N) is 1. The summed E-state index contributed by atoms with van der Waals surface area (Å²) in [7, 11) is 4.09. The van der Waals surface area contributed by atoms with Crippen LogP contribution >= 0.6 is 0 Å². The summed E-state index contributed by atoms with van der Waals surface area (Å²) >= 11 is 0. The van der Waals surface area contributed by atoms with Crippen LogP contribution in [0.15, 0.2) is 12.1 Å². The number of hydrogen-bond acceptors (Lipinski definition) is 3. The van der Waals surface area contributed by atoms with Crippen LogP contribution in [0.3, 0.4) is 0 Å². The molecule has 6 heteroatoms. The molecule has 0 amide bonds. The molecular formula is C15H22F3N3. The van der Waals surface area contributed by atoms with Gasteiger partial charge >= 0.3 is 0 Å². The maximum absolute atomic E-state index is 13.4. The normalized spacial score (nSPS) is 19.2. The molecule has 0 aliphatic carbocycles. The lowest BCUT2D eigenvalue weighted by molar-refractivity contribution is 0.110. The minimum absolute atomic E-state index is 0.247. The summed E-state index contributed by atoms with van der Waals surface area (Å²) in [5.74, 6) is -3.75. The summed E-state index contributed by atoms with van der Waals surface area (Å²) < 4.78 is 39.8. The Hall–Kier alpha value is -1.11. The first kappa shape index (κ1) is 16.3. The van der Waals surface area contributed by atoms with Gasteiger partial charge in [-0.3, -0.25) is 4.90 Å². The van der Waals surface area contributed by atoms with E-state index < -0.39 is 17.5 Å². The molecule has 0 radical (unpaired) electrons. The first-order valence-electron chi connectivity index (χ1n) is 7.19. The SMILES string of the molecule is CN(C)C1CCN(C(CN)c2cc(F)c(F)c(F)c2)CC1. The predicted molar refractivity (Wildman–Crippen MR) is 76.4 cm³/mol. The summed E-state index contributed by atoms with van der Waals surface area (Å²) in [5.41, 5.74) is 6.18. The number of likely N-dealkylation sites (tertiary alicyclic amines) is 1. The standard InChI is InChI=1S/C15H22F3N3/c1-20(2)11-3-5-21(6-4-11)14(9-19)10-7-12(16)15(18)13(17)8-10/h7-8,11,14H,3-6,9,19H2,1-2H3. The molecule has 0 bridgehead atoms. The summed E-state index contributed by atoms with van der Waals surface area (Å²) in [4.78, 5) is 4.30. The van der Waals surface area contributed by atoms with Crippen molar-refractivity contribution in [3.8, 4) is 0 Å². The zero-order valence-electron chi connectivity index (χ0n) is 12.5. The second-order valence-electron chi connectivity index (χ2n) is 5.78. The topological polar surface area (TPSA) is 32.5 Å². The molecule has 1 unspecified atom stereocenters. The highest BCUT2D eigenvalue weighted by Gasteiger charge is 2.27. The second-order valence-corrected chi connectivity index (χ2v) is 5.78. The van der Waals surface area contributed by atoms with Crippen LogP contribution in [0.5, 0.6) is 0 Å². The van der Waals surface area contributed by atoms with E-state index in [2.05, 4.69) is 9.80 Å². The molecule has 1 heterocycles. The van der Waals surface area contributed by atoms with Crippen LogP contribution in [0.4, 0.5) is 13.2 Å². The third-order valence-corrected chi connectivity index (χ3v) is 4.28. The van der Waals surface area contributed by atoms with Gasteiger partial charge in [-0.1, -0.05) is 0 Å². The largest absolute Gasteiger partial charge is 0.329 e. The highest BCUT2D eigenvalue weighted by molar-refractivity contribution is 5.23. The van der Waals surface area contributed by atoms with Gasteiger partial charge in [0.25, 0.3) is 0 Å². The molecule has 1 aromatic rings. The van der Waals surface area contributed by atoms with Crippen molar-refractivity contribution in [3.63, 3.8) is 0 Å². The third-order valence-electron chi connectivity index (χ3n) is 4.28. The van der Waals surface area contributed by atoms with Crippen molar-refractivity contribution >= 4 is 0 Å². The van der Waals surface area contributed by atoms with Gasteiger partial charge in [0, 0.05) is 31.7 Å². The molecule has 1 fully saturated rings. The number of hydrogen-bond donors (Lipinski definition) is 1.